The first-order valence-electron chi connectivity index (χ1n) is 5.39. The maximum atomic E-state index is 11.0. The molecule has 82 valence electrons. The molecule has 0 saturated heterocycles. The van der Waals surface area contributed by atoms with Crippen molar-refractivity contribution >= 4 is 12.0 Å². The van der Waals surface area contributed by atoms with Crippen molar-refractivity contribution in [3.63, 3.8) is 0 Å². The van der Waals surface area contributed by atoms with Crippen molar-refractivity contribution in [3.8, 4) is 0 Å². The van der Waals surface area contributed by atoms with E-state index >= 15 is 0 Å². The van der Waals surface area contributed by atoms with Crippen molar-refractivity contribution in [2.45, 2.75) is 19.8 Å². The molecule has 0 saturated carbocycles. The molecule has 0 aliphatic carbocycles. The Morgan fingerprint density at radius 1 is 1.27 bits per heavy atom. The third-order valence-corrected chi connectivity index (χ3v) is 2.54. The van der Waals surface area contributed by atoms with Gasteiger partial charge in [0.25, 0.3) is 0 Å². The second kappa shape index (κ2) is 4.58. The van der Waals surface area contributed by atoms with Crippen LogP contribution in [0.3, 0.4) is 0 Å². The van der Waals surface area contributed by atoms with Crippen LogP contribution >= 0.6 is 0 Å². The Morgan fingerprint density at radius 2 is 1.93 bits per heavy atom. The lowest BCUT2D eigenvalue weighted by atomic mass is 10.0. The molecule has 0 aromatic heterocycles. The number of hydrogen-bond donors (Lipinski definition) is 0. The van der Waals surface area contributed by atoms with Crippen LogP contribution in [0.15, 0.2) is 18.2 Å². The average molecular weight is 206 g/mol. The van der Waals surface area contributed by atoms with Crippen LogP contribution < -0.4 is 4.48 Å². The van der Waals surface area contributed by atoms with Gasteiger partial charge in [0.15, 0.2) is 6.29 Å². The maximum absolute atomic E-state index is 11.0. The lowest BCUT2D eigenvalue weighted by Gasteiger charge is -2.26. The molecule has 2 nitrogen and oxygen atoms in total. The van der Waals surface area contributed by atoms with Gasteiger partial charge < -0.3 is 0 Å². The highest BCUT2D eigenvalue weighted by Crippen LogP contribution is 2.26. The predicted octanol–water partition coefficient (Wildman–Crippen LogP) is 2.65. The summed E-state index contributed by atoms with van der Waals surface area (Å²) in [6, 6.07) is 5.97. The number of nitrogens with zero attached hydrogens (tertiary/aromatic N) is 1. The molecule has 0 amide bonds. The molecule has 0 unspecified atom stereocenters. The monoisotopic (exact) mass is 206 g/mol. The van der Waals surface area contributed by atoms with Crippen molar-refractivity contribution in [1.29, 1.82) is 0 Å². The van der Waals surface area contributed by atoms with Gasteiger partial charge in [-0.2, -0.15) is 0 Å². The fourth-order valence-electron chi connectivity index (χ4n) is 1.85. The molecule has 1 aromatic rings. The smallest absolute Gasteiger partial charge is 0.150 e. The maximum Gasteiger partial charge on any atom is 0.150 e. The summed E-state index contributed by atoms with van der Waals surface area (Å²) in [5.41, 5.74) is 3.27. The Morgan fingerprint density at radius 3 is 2.40 bits per heavy atom. The molecular formula is C13H20NO+. The highest BCUT2D eigenvalue weighted by atomic mass is 16.1. The molecule has 1 aromatic carbocycles. The van der Waals surface area contributed by atoms with Gasteiger partial charge in [-0.15, -0.1) is 0 Å². The van der Waals surface area contributed by atoms with E-state index in [-0.39, 0.29) is 0 Å². The van der Waals surface area contributed by atoms with E-state index in [4.69, 9.17) is 0 Å². The second-order valence-corrected chi connectivity index (χ2v) is 4.73. The van der Waals surface area contributed by atoms with Crippen LogP contribution in [0, 0.1) is 0 Å². The minimum absolute atomic E-state index is 0.761. The highest BCUT2D eigenvalue weighted by Gasteiger charge is 2.18. The lowest BCUT2D eigenvalue weighted by Crippen LogP contribution is -2.36. The van der Waals surface area contributed by atoms with Crippen molar-refractivity contribution in [2.75, 3.05) is 21.1 Å². The fourth-order valence-corrected chi connectivity index (χ4v) is 1.85. The second-order valence-electron chi connectivity index (χ2n) is 4.73. The molecule has 0 fully saturated rings. The van der Waals surface area contributed by atoms with Crippen molar-refractivity contribution in [3.05, 3.63) is 29.3 Å². The molecule has 15 heavy (non-hydrogen) atoms. The third-order valence-electron chi connectivity index (χ3n) is 2.54. The summed E-state index contributed by atoms with van der Waals surface area (Å²) >= 11 is 0. The highest BCUT2D eigenvalue weighted by molar-refractivity contribution is 5.80. The molecular weight excluding hydrogens is 186 g/mol. The first-order chi connectivity index (χ1) is 7.00. The molecule has 0 heterocycles. The minimum atomic E-state index is 0.761. The van der Waals surface area contributed by atoms with E-state index in [1.54, 1.807) is 0 Å². The van der Waals surface area contributed by atoms with Crippen LogP contribution in [-0.4, -0.2) is 27.4 Å². The van der Waals surface area contributed by atoms with E-state index in [9.17, 15) is 4.79 Å². The van der Waals surface area contributed by atoms with Gasteiger partial charge in [0, 0.05) is 11.1 Å². The van der Waals surface area contributed by atoms with Crippen LogP contribution in [0.25, 0.3) is 0 Å². The molecule has 0 radical (unpaired) electrons. The molecule has 0 spiro atoms. The molecule has 0 aliphatic rings. The quantitative estimate of drug-likeness (QED) is 0.547. The van der Waals surface area contributed by atoms with E-state index in [1.807, 2.05) is 12.1 Å². The Balaban J connectivity index is 3.31. The number of quaternary nitrogens is 1. The summed E-state index contributed by atoms with van der Waals surface area (Å²) in [7, 11) is 6.38. The summed E-state index contributed by atoms with van der Waals surface area (Å²) in [6.07, 6.45) is 3.00. The fraction of sp³-hybridized carbons (Fsp3) is 0.462. The van der Waals surface area contributed by atoms with E-state index in [2.05, 4.69) is 34.1 Å². The van der Waals surface area contributed by atoms with Gasteiger partial charge >= 0.3 is 0 Å². The van der Waals surface area contributed by atoms with Crippen molar-refractivity contribution < 1.29 is 4.79 Å². The SMILES string of the molecule is CCCc1c(C=O)cccc1[N+](C)(C)C. The first kappa shape index (κ1) is 11.9. The number of aldehydes is 1. The summed E-state index contributed by atoms with van der Waals surface area (Å²) in [5.74, 6) is 0. The predicted molar refractivity (Wildman–Crippen MR) is 65.4 cm³/mol. The van der Waals surface area contributed by atoms with E-state index in [1.165, 1.54) is 11.3 Å². The molecule has 1 rings (SSSR count). The topological polar surface area (TPSA) is 17.1 Å². The van der Waals surface area contributed by atoms with Gasteiger partial charge in [-0.3, -0.25) is 9.28 Å². The molecule has 2 heteroatoms. The van der Waals surface area contributed by atoms with Crippen LogP contribution in [0.1, 0.15) is 29.3 Å². The summed E-state index contributed by atoms with van der Waals surface area (Å²) < 4.78 is 0.761. The van der Waals surface area contributed by atoms with Crippen LogP contribution in [0.5, 0.6) is 0 Å². The van der Waals surface area contributed by atoms with E-state index in [0.717, 1.165) is 29.2 Å². The zero-order valence-electron chi connectivity index (χ0n) is 10.1. The average Bonchev–Trinajstić information content (AvgIpc) is 2.17. The Hall–Kier alpha value is -1.15. The van der Waals surface area contributed by atoms with Gasteiger partial charge in [0.2, 0.25) is 0 Å². The van der Waals surface area contributed by atoms with Crippen molar-refractivity contribution in [1.82, 2.24) is 4.48 Å². The lowest BCUT2D eigenvalue weighted by molar-refractivity contribution is 0.112. The summed E-state index contributed by atoms with van der Waals surface area (Å²) in [4.78, 5) is 11.0. The number of carbonyl (C=O) groups excluding carboxylic acids is 1. The third kappa shape index (κ3) is 2.66. The summed E-state index contributed by atoms with van der Waals surface area (Å²) in [5, 5.41) is 0. The Kier molecular flexibility index (Phi) is 3.64. The minimum Gasteiger partial charge on any atom is -0.298 e. The van der Waals surface area contributed by atoms with Gasteiger partial charge in [-0.1, -0.05) is 25.5 Å². The van der Waals surface area contributed by atoms with Crippen LogP contribution in [0.4, 0.5) is 5.69 Å². The zero-order valence-corrected chi connectivity index (χ0v) is 10.1. The number of carbonyl (C=O) groups is 1. The van der Waals surface area contributed by atoms with Gasteiger partial charge in [-0.25, -0.2) is 0 Å². The number of benzene rings is 1. The van der Waals surface area contributed by atoms with Gasteiger partial charge in [0.1, 0.15) is 5.69 Å². The van der Waals surface area contributed by atoms with E-state index < -0.39 is 0 Å². The van der Waals surface area contributed by atoms with Gasteiger partial charge in [-0.05, 0) is 12.5 Å². The standard InChI is InChI=1S/C13H20NO/c1-5-7-12-11(10-15)8-6-9-13(12)14(2,3)4/h6,8-10H,5,7H2,1-4H3/q+1. The van der Waals surface area contributed by atoms with Crippen molar-refractivity contribution in [2.24, 2.45) is 0 Å². The molecule has 0 bridgehead atoms. The van der Waals surface area contributed by atoms with Gasteiger partial charge in [0.05, 0.1) is 21.1 Å². The molecule has 0 N–H and O–H groups in total. The Bertz CT molecular complexity index is 350. The molecule has 0 atom stereocenters. The van der Waals surface area contributed by atoms with E-state index in [0.29, 0.717) is 0 Å². The first-order valence-corrected chi connectivity index (χ1v) is 5.39. The van der Waals surface area contributed by atoms with Crippen LogP contribution in [0.2, 0.25) is 0 Å². The Labute approximate surface area is 92.1 Å². The molecule has 0 aliphatic heterocycles. The largest absolute Gasteiger partial charge is 0.298 e. The van der Waals surface area contributed by atoms with Crippen LogP contribution in [-0.2, 0) is 6.42 Å². The number of hydrogen-bond acceptors (Lipinski definition) is 1. The normalized spacial score (nSPS) is 11.5. The summed E-state index contributed by atoms with van der Waals surface area (Å²) in [6.45, 7) is 2.14. The zero-order chi connectivity index (χ0) is 11.5. The number of rotatable bonds is 4.